The first-order valence-corrected chi connectivity index (χ1v) is 7.16. The maximum Gasteiger partial charge on any atom is 0.00729 e. The summed E-state index contributed by atoms with van der Waals surface area (Å²) in [6.07, 6.45) is 6.97. The van der Waals surface area contributed by atoms with Crippen molar-refractivity contribution in [1.29, 1.82) is 0 Å². The zero-order valence-electron chi connectivity index (χ0n) is 11.1. The van der Waals surface area contributed by atoms with Gasteiger partial charge in [-0.15, -0.1) is 0 Å². The molecule has 2 N–H and O–H groups in total. The number of rotatable bonds is 2. The van der Waals surface area contributed by atoms with Crippen LogP contribution in [-0.4, -0.2) is 24.7 Å². The minimum atomic E-state index is 0.714. The molecule has 0 aromatic heterocycles. The molecule has 2 nitrogen and oxygen atoms in total. The fourth-order valence-corrected chi connectivity index (χ4v) is 3.32. The van der Waals surface area contributed by atoms with Gasteiger partial charge in [0.1, 0.15) is 0 Å². The fraction of sp³-hybridized carbons (Fsp3) is 1.00. The second kappa shape index (κ2) is 5.50. The Morgan fingerprint density at radius 3 is 2.50 bits per heavy atom. The summed E-state index contributed by atoms with van der Waals surface area (Å²) < 4.78 is 0. The summed E-state index contributed by atoms with van der Waals surface area (Å²) in [4.78, 5) is 0. The molecule has 0 aliphatic carbocycles. The normalized spacial score (nSPS) is 45.6. The van der Waals surface area contributed by atoms with Crippen molar-refractivity contribution in [2.75, 3.05) is 6.54 Å². The minimum Gasteiger partial charge on any atom is -0.314 e. The molecule has 0 saturated carbocycles. The van der Waals surface area contributed by atoms with Gasteiger partial charge in [0.15, 0.2) is 0 Å². The lowest BCUT2D eigenvalue weighted by molar-refractivity contribution is 0.196. The first-order valence-electron chi connectivity index (χ1n) is 7.16. The molecular weight excluding hydrogens is 196 g/mol. The van der Waals surface area contributed by atoms with E-state index in [1.54, 1.807) is 0 Å². The summed E-state index contributed by atoms with van der Waals surface area (Å²) in [5, 5.41) is 7.42. The fourth-order valence-electron chi connectivity index (χ4n) is 3.32. The quantitative estimate of drug-likeness (QED) is 0.753. The summed E-state index contributed by atoms with van der Waals surface area (Å²) in [7, 11) is 0. The van der Waals surface area contributed by atoms with Crippen molar-refractivity contribution < 1.29 is 0 Å². The minimum absolute atomic E-state index is 0.714. The Morgan fingerprint density at radius 2 is 1.81 bits per heavy atom. The largest absolute Gasteiger partial charge is 0.314 e. The van der Waals surface area contributed by atoms with Crippen LogP contribution < -0.4 is 10.6 Å². The molecule has 2 heterocycles. The number of piperidine rings is 2. The highest BCUT2D eigenvalue weighted by atomic mass is 15.0. The van der Waals surface area contributed by atoms with E-state index in [4.69, 9.17) is 0 Å². The average Bonchev–Trinajstić information content (AvgIpc) is 2.27. The molecule has 16 heavy (non-hydrogen) atoms. The van der Waals surface area contributed by atoms with Gasteiger partial charge in [0, 0.05) is 18.1 Å². The molecule has 0 aromatic carbocycles. The highest BCUT2D eigenvalue weighted by molar-refractivity contribution is 4.87. The van der Waals surface area contributed by atoms with Gasteiger partial charge in [0.05, 0.1) is 0 Å². The van der Waals surface area contributed by atoms with E-state index in [9.17, 15) is 0 Å². The number of hydrogen-bond donors (Lipinski definition) is 2. The molecule has 2 fully saturated rings. The first kappa shape index (κ1) is 12.4. The third-order valence-corrected chi connectivity index (χ3v) is 4.83. The SMILES string of the molecule is C[C@@H]1CCC(C[C@@H]2CCCN[C@H]2C)N[C@@H]1C. The van der Waals surface area contributed by atoms with Crippen molar-refractivity contribution in [3.8, 4) is 0 Å². The molecule has 1 unspecified atom stereocenters. The van der Waals surface area contributed by atoms with E-state index >= 15 is 0 Å². The van der Waals surface area contributed by atoms with Crippen LogP contribution in [0.2, 0.25) is 0 Å². The van der Waals surface area contributed by atoms with Gasteiger partial charge in [-0.3, -0.25) is 0 Å². The Balaban J connectivity index is 1.80. The summed E-state index contributed by atoms with van der Waals surface area (Å²) in [5.41, 5.74) is 0. The topological polar surface area (TPSA) is 24.1 Å². The van der Waals surface area contributed by atoms with E-state index in [1.807, 2.05) is 0 Å². The molecular formula is C14H28N2. The van der Waals surface area contributed by atoms with Gasteiger partial charge >= 0.3 is 0 Å². The second-order valence-electron chi connectivity index (χ2n) is 6.09. The van der Waals surface area contributed by atoms with E-state index in [2.05, 4.69) is 31.4 Å². The van der Waals surface area contributed by atoms with E-state index in [-0.39, 0.29) is 0 Å². The lowest BCUT2D eigenvalue weighted by Gasteiger charge is -2.38. The van der Waals surface area contributed by atoms with E-state index in [1.165, 1.54) is 38.6 Å². The van der Waals surface area contributed by atoms with Crippen LogP contribution in [0.1, 0.15) is 52.9 Å². The maximum absolute atomic E-state index is 3.81. The summed E-state index contributed by atoms with van der Waals surface area (Å²) in [6, 6.07) is 2.22. The molecule has 0 bridgehead atoms. The predicted molar refractivity (Wildman–Crippen MR) is 69.6 cm³/mol. The lowest BCUT2D eigenvalue weighted by atomic mass is 9.81. The second-order valence-corrected chi connectivity index (χ2v) is 6.09. The highest BCUT2D eigenvalue weighted by Gasteiger charge is 2.28. The molecule has 0 spiro atoms. The van der Waals surface area contributed by atoms with E-state index in [0.717, 1.165) is 23.9 Å². The summed E-state index contributed by atoms with van der Waals surface area (Å²) >= 11 is 0. The number of hydrogen-bond acceptors (Lipinski definition) is 2. The molecule has 94 valence electrons. The van der Waals surface area contributed by atoms with Gasteiger partial charge in [-0.2, -0.15) is 0 Å². The van der Waals surface area contributed by atoms with Crippen molar-refractivity contribution in [1.82, 2.24) is 10.6 Å². The first-order chi connectivity index (χ1) is 7.66. The Bertz CT molecular complexity index is 217. The van der Waals surface area contributed by atoms with Gasteiger partial charge in [-0.25, -0.2) is 0 Å². The average molecular weight is 224 g/mol. The Labute approximate surface area is 101 Å². The van der Waals surface area contributed by atoms with Crippen LogP contribution in [0, 0.1) is 11.8 Å². The Hall–Kier alpha value is -0.0800. The Kier molecular flexibility index (Phi) is 4.26. The van der Waals surface area contributed by atoms with Crippen molar-refractivity contribution in [2.24, 2.45) is 11.8 Å². The summed E-state index contributed by atoms with van der Waals surface area (Å²) in [6.45, 7) is 8.31. The van der Waals surface area contributed by atoms with Crippen molar-refractivity contribution in [3.05, 3.63) is 0 Å². The van der Waals surface area contributed by atoms with Gasteiger partial charge in [0.25, 0.3) is 0 Å². The zero-order chi connectivity index (χ0) is 11.5. The third kappa shape index (κ3) is 2.98. The van der Waals surface area contributed by atoms with Crippen LogP contribution >= 0.6 is 0 Å². The third-order valence-electron chi connectivity index (χ3n) is 4.83. The van der Waals surface area contributed by atoms with Crippen LogP contribution in [-0.2, 0) is 0 Å². The van der Waals surface area contributed by atoms with Crippen LogP contribution in [0.15, 0.2) is 0 Å². The van der Waals surface area contributed by atoms with Gasteiger partial charge in [-0.05, 0) is 64.3 Å². The van der Waals surface area contributed by atoms with Crippen LogP contribution in [0.5, 0.6) is 0 Å². The molecule has 0 aromatic rings. The van der Waals surface area contributed by atoms with Crippen molar-refractivity contribution in [3.63, 3.8) is 0 Å². The van der Waals surface area contributed by atoms with Crippen LogP contribution in [0.3, 0.4) is 0 Å². The molecule has 2 aliphatic heterocycles. The molecule has 2 rings (SSSR count). The molecule has 5 atom stereocenters. The molecule has 2 saturated heterocycles. The Morgan fingerprint density at radius 1 is 1.00 bits per heavy atom. The predicted octanol–water partition coefficient (Wildman–Crippen LogP) is 2.54. The van der Waals surface area contributed by atoms with E-state index < -0.39 is 0 Å². The molecule has 2 heteroatoms. The van der Waals surface area contributed by atoms with Gasteiger partial charge in [-0.1, -0.05) is 6.92 Å². The smallest absolute Gasteiger partial charge is 0.00729 e. The highest BCUT2D eigenvalue weighted by Crippen LogP contribution is 2.27. The number of nitrogens with one attached hydrogen (secondary N) is 2. The molecule has 0 amide bonds. The maximum atomic E-state index is 3.81. The summed E-state index contributed by atoms with van der Waals surface area (Å²) in [5.74, 6) is 1.75. The van der Waals surface area contributed by atoms with E-state index in [0.29, 0.717) is 6.04 Å². The van der Waals surface area contributed by atoms with Crippen molar-refractivity contribution in [2.45, 2.75) is 71.0 Å². The monoisotopic (exact) mass is 224 g/mol. The zero-order valence-corrected chi connectivity index (χ0v) is 11.1. The van der Waals surface area contributed by atoms with Crippen LogP contribution in [0.4, 0.5) is 0 Å². The lowest BCUT2D eigenvalue weighted by Crippen LogP contribution is -2.48. The van der Waals surface area contributed by atoms with Crippen molar-refractivity contribution >= 4 is 0 Å². The standard InChI is InChI=1S/C14H28N2/c1-10-6-7-14(16-11(10)2)9-13-5-4-8-15-12(13)3/h10-16H,4-9H2,1-3H3/t10-,11-,12+,13+,14?/m1/s1. The molecule has 2 aliphatic rings. The molecule has 0 radical (unpaired) electrons. The van der Waals surface area contributed by atoms with Gasteiger partial charge in [0.2, 0.25) is 0 Å². The van der Waals surface area contributed by atoms with Gasteiger partial charge < -0.3 is 10.6 Å². The van der Waals surface area contributed by atoms with Crippen LogP contribution in [0.25, 0.3) is 0 Å².